The van der Waals surface area contributed by atoms with E-state index in [2.05, 4.69) is 5.32 Å². The molecule has 0 spiro atoms. The van der Waals surface area contributed by atoms with Gasteiger partial charge >= 0.3 is 0 Å². The van der Waals surface area contributed by atoms with E-state index < -0.39 is 69.7 Å². The van der Waals surface area contributed by atoms with Crippen LogP contribution in [0.2, 0.25) is 0 Å². The van der Waals surface area contributed by atoms with Gasteiger partial charge in [-0.2, -0.15) is 0 Å². The first-order valence-corrected chi connectivity index (χ1v) is 11.1. The molecule has 0 aliphatic heterocycles. The summed E-state index contributed by atoms with van der Waals surface area (Å²) in [5.74, 6) is -7.80. The Kier molecular flexibility index (Phi) is 5.84. The summed E-state index contributed by atoms with van der Waals surface area (Å²) in [5, 5.41) is 46.9. The number of ether oxygens (including phenoxy) is 1. The number of benzene rings is 1. The van der Waals surface area contributed by atoms with E-state index in [9.17, 15) is 39.6 Å². The van der Waals surface area contributed by atoms with Crippen LogP contribution in [0.25, 0.3) is 0 Å². The van der Waals surface area contributed by atoms with Crippen molar-refractivity contribution >= 4 is 29.1 Å². The van der Waals surface area contributed by atoms with Gasteiger partial charge in [0.1, 0.15) is 22.8 Å². The number of nitrogens with two attached hydrogens (primary N) is 1. The Hall–Kier alpha value is -3.90. The van der Waals surface area contributed by atoms with E-state index in [1.807, 2.05) is 0 Å². The van der Waals surface area contributed by atoms with Gasteiger partial charge in [-0.1, -0.05) is 0 Å². The molecular weight excluding hydrogens is 474 g/mol. The molecule has 4 rings (SSSR count). The van der Waals surface area contributed by atoms with Crippen molar-refractivity contribution in [3.63, 3.8) is 0 Å². The molecule has 3 aliphatic rings. The van der Waals surface area contributed by atoms with Crippen molar-refractivity contribution < 1.29 is 44.3 Å². The number of ketones is 2. The third kappa shape index (κ3) is 3.28. The van der Waals surface area contributed by atoms with Gasteiger partial charge in [0, 0.05) is 30.0 Å². The number of carbonyl (C=O) groups is 4. The second kappa shape index (κ2) is 8.35. The molecule has 12 heteroatoms. The molecule has 3 aliphatic carbocycles. The fraction of sp³-hybridized carbons (Fsp3) is 0.417. The van der Waals surface area contributed by atoms with Gasteiger partial charge in [0.25, 0.3) is 5.91 Å². The lowest BCUT2D eigenvalue weighted by atomic mass is 9.58. The minimum atomic E-state index is -2.72. The fourth-order valence-electron chi connectivity index (χ4n) is 5.75. The minimum absolute atomic E-state index is 0.0386. The number of phenols is 1. The van der Waals surface area contributed by atoms with Crippen molar-refractivity contribution in [2.45, 2.75) is 31.4 Å². The number of nitrogens with one attached hydrogen (secondary N) is 1. The highest BCUT2D eigenvalue weighted by Crippen LogP contribution is 2.53. The zero-order valence-electron chi connectivity index (χ0n) is 20.1. The molecule has 0 radical (unpaired) electrons. The highest BCUT2D eigenvalue weighted by atomic mass is 16.5. The monoisotopic (exact) mass is 501 g/mol. The van der Waals surface area contributed by atoms with Gasteiger partial charge in [0.2, 0.25) is 11.7 Å². The van der Waals surface area contributed by atoms with E-state index in [0.29, 0.717) is 5.56 Å². The van der Waals surface area contributed by atoms with Gasteiger partial charge in [-0.15, -0.1) is 0 Å². The third-order valence-corrected chi connectivity index (χ3v) is 7.21. The lowest BCUT2D eigenvalue weighted by Crippen LogP contribution is -2.63. The Labute approximate surface area is 205 Å². The maximum atomic E-state index is 13.7. The van der Waals surface area contributed by atoms with Crippen molar-refractivity contribution in [3.05, 3.63) is 39.9 Å². The largest absolute Gasteiger partial charge is 0.510 e. The molecule has 0 fully saturated rings. The predicted molar refractivity (Wildman–Crippen MR) is 125 cm³/mol. The van der Waals surface area contributed by atoms with Crippen LogP contribution in [0.15, 0.2) is 28.7 Å². The summed E-state index contributed by atoms with van der Waals surface area (Å²) in [5.41, 5.74) is 1.39. The Bertz CT molecular complexity index is 1300. The SMILES string of the molecule is COc1cc(NC(C)=O)c(O)c2c1C[C@H]1C[C@H]3[C@H](N(C)C)C(O)=C(C(N)=O)C(=O)[C@@]3(O)C(O)=C1C2=O. The first kappa shape index (κ1) is 25.2. The number of hydrogen-bond donors (Lipinski definition) is 6. The van der Waals surface area contributed by atoms with Crippen LogP contribution in [0.1, 0.15) is 29.3 Å². The number of allylic oxidation sites excluding steroid dienone is 1. The highest BCUT2D eigenvalue weighted by molar-refractivity contribution is 6.25. The second-order valence-corrected chi connectivity index (χ2v) is 9.47. The smallest absolute Gasteiger partial charge is 0.255 e. The molecule has 4 atom stereocenters. The average molecular weight is 501 g/mol. The van der Waals surface area contributed by atoms with Crippen molar-refractivity contribution in [1.29, 1.82) is 0 Å². The number of phenolic OH excluding ortho intramolecular Hbond substituents is 1. The molecule has 0 saturated heterocycles. The Morgan fingerprint density at radius 2 is 1.86 bits per heavy atom. The van der Waals surface area contributed by atoms with Gasteiger partial charge in [-0.25, -0.2) is 0 Å². The molecule has 1 aromatic carbocycles. The van der Waals surface area contributed by atoms with Gasteiger partial charge < -0.3 is 36.2 Å². The van der Waals surface area contributed by atoms with Crippen molar-refractivity contribution in [3.8, 4) is 11.5 Å². The lowest BCUT2D eigenvalue weighted by Gasteiger charge is -2.50. The number of aliphatic hydroxyl groups excluding tert-OH is 2. The molecule has 0 aromatic heterocycles. The van der Waals surface area contributed by atoms with Crippen LogP contribution < -0.4 is 15.8 Å². The molecule has 36 heavy (non-hydrogen) atoms. The maximum Gasteiger partial charge on any atom is 0.255 e. The van der Waals surface area contributed by atoms with Gasteiger partial charge in [0.15, 0.2) is 17.1 Å². The summed E-state index contributed by atoms with van der Waals surface area (Å²) >= 11 is 0. The molecule has 0 saturated carbocycles. The summed E-state index contributed by atoms with van der Waals surface area (Å²) in [4.78, 5) is 52.0. The number of likely N-dealkylation sites (N-methyl/N-ethyl adjacent to an activating group) is 1. The van der Waals surface area contributed by atoms with E-state index in [1.165, 1.54) is 25.0 Å². The molecule has 0 bridgehead atoms. The van der Waals surface area contributed by atoms with Crippen molar-refractivity contribution in [2.24, 2.45) is 17.6 Å². The molecule has 0 unspecified atom stereocenters. The molecule has 7 N–H and O–H groups in total. The predicted octanol–water partition coefficient (Wildman–Crippen LogP) is 0.0876. The second-order valence-electron chi connectivity index (χ2n) is 9.47. The Morgan fingerprint density at radius 1 is 1.22 bits per heavy atom. The minimum Gasteiger partial charge on any atom is -0.510 e. The number of fused-ring (bicyclic) bond motifs is 3. The average Bonchev–Trinajstić information content (AvgIpc) is 2.77. The standard InChI is InChI=1S/C24H27N3O9/c1-8(28)26-12-7-13(36-4)10-5-9-6-11-17(27(2)3)20(31)16(23(25)34)22(33)24(11,35)21(32)14(9)19(30)15(10)18(12)29/h7,9,11,17,29,31-32,35H,5-6H2,1-4H3,(H2,25,34)(H,26,28)/t9-,11-,17-,24-/m0/s1. The Balaban J connectivity index is 1.97. The van der Waals surface area contributed by atoms with E-state index in [1.54, 1.807) is 14.1 Å². The number of methoxy groups -OCH3 is 1. The number of anilines is 1. The third-order valence-electron chi connectivity index (χ3n) is 7.21. The van der Waals surface area contributed by atoms with Crippen molar-refractivity contribution in [1.82, 2.24) is 4.90 Å². The van der Waals surface area contributed by atoms with Crippen LogP contribution in [-0.2, 0) is 20.8 Å². The molecular formula is C24H27N3O9. The van der Waals surface area contributed by atoms with Crippen LogP contribution >= 0.6 is 0 Å². The number of nitrogens with zero attached hydrogens (tertiary/aromatic N) is 1. The van der Waals surface area contributed by atoms with Crippen LogP contribution in [0.5, 0.6) is 11.5 Å². The molecule has 0 heterocycles. The van der Waals surface area contributed by atoms with Gasteiger partial charge in [0.05, 0.1) is 24.4 Å². The number of amides is 2. The number of aromatic hydroxyl groups is 1. The van der Waals surface area contributed by atoms with E-state index >= 15 is 0 Å². The summed E-state index contributed by atoms with van der Waals surface area (Å²) in [6.07, 6.45) is 0.0365. The van der Waals surface area contributed by atoms with Gasteiger partial charge in [-0.05, 0) is 32.9 Å². The van der Waals surface area contributed by atoms with Crippen LogP contribution in [0, 0.1) is 11.8 Å². The van der Waals surface area contributed by atoms with Crippen molar-refractivity contribution in [2.75, 3.05) is 26.5 Å². The van der Waals surface area contributed by atoms with E-state index in [-0.39, 0.29) is 35.4 Å². The summed E-state index contributed by atoms with van der Waals surface area (Å²) in [6, 6.07) is 0.296. The fourth-order valence-corrected chi connectivity index (χ4v) is 5.75. The molecule has 192 valence electrons. The quantitative estimate of drug-likeness (QED) is 0.243. The number of primary amides is 1. The highest BCUT2D eigenvalue weighted by Gasteiger charge is 2.63. The maximum absolute atomic E-state index is 13.7. The normalized spacial score (nSPS) is 27.4. The lowest BCUT2D eigenvalue weighted by molar-refractivity contribution is -0.148. The summed E-state index contributed by atoms with van der Waals surface area (Å²) in [6.45, 7) is 1.21. The van der Waals surface area contributed by atoms with Crippen LogP contribution in [0.4, 0.5) is 5.69 Å². The van der Waals surface area contributed by atoms with Gasteiger partial charge in [-0.3, -0.25) is 24.1 Å². The zero-order chi connectivity index (χ0) is 26.9. The molecule has 1 aromatic rings. The number of hydrogen-bond acceptors (Lipinski definition) is 10. The topological polar surface area (TPSA) is 200 Å². The van der Waals surface area contributed by atoms with Crippen LogP contribution in [0.3, 0.4) is 0 Å². The molecule has 12 nitrogen and oxygen atoms in total. The zero-order valence-corrected chi connectivity index (χ0v) is 20.1. The first-order chi connectivity index (χ1) is 16.8. The number of Topliss-reactive ketones (excluding diaryl/α,β-unsaturated/α-hetero) is 2. The van der Waals surface area contributed by atoms with E-state index in [0.717, 1.165) is 0 Å². The summed E-state index contributed by atoms with van der Waals surface area (Å²) in [7, 11) is 4.46. The Morgan fingerprint density at radius 3 is 2.39 bits per heavy atom. The van der Waals surface area contributed by atoms with E-state index in [4.69, 9.17) is 10.5 Å². The number of rotatable bonds is 4. The van der Waals surface area contributed by atoms with Crippen LogP contribution in [-0.4, -0.2) is 81.6 Å². The number of carbonyl (C=O) groups excluding carboxylic acids is 4. The molecule has 2 amide bonds. The summed E-state index contributed by atoms with van der Waals surface area (Å²) < 4.78 is 5.40. The number of aliphatic hydroxyl groups is 3. The first-order valence-electron chi connectivity index (χ1n) is 11.1.